The molecule has 0 N–H and O–H groups in total. The highest BCUT2D eigenvalue weighted by atomic mass is 16.4. The molecule has 0 aliphatic heterocycles. The zero-order valence-corrected chi connectivity index (χ0v) is 6.85. The van der Waals surface area contributed by atoms with Gasteiger partial charge in [0.05, 0.1) is 12.5 Å². The molecule has 0 fully saturated rings. The van der Waals surface area contributed by atoms with Crippen LogP contribution in [-0.4, -0.2) is 19.7 Å². The second-order valence-corrected chi connectivity index (χ2v) is 2.52. The van der Waals surface area contributed by atoms with Gasteiger partial charge < -0.3 is 8.98 Å². The summed E-state index contributed by atoms with van der Waals surface area (Å²) in [5.74, 6) is 1.07. The van der Waals surface area contributed by atoms with Gasteiger partial charge in [0, 0.05) is 14.0 Å². The summed E-state index contributed by atoms with van der Waals surface area (Å²) in [4.78, 5) is 3.94. The lowest BCUT2D eigenvalue weighted by Gasteiger charge is -1.92. The van der Waals surface area contributed by atoms with Crippen molar-refractivity contribution in [2.24, 2.45) is 7.05 Å². The Balaban J connectivity index is 2.50. The van der Waals surface area contributed by atoms with E-state index < -0.39 is 0 Å². The van der Waals surface area contributed by atoms with E-state index >= 15 is 0 Å². The first-order valence-corrected chi connectivity index (χ1v) is 3.54. The number of rotatable bonds is 1. The first-order chi connectivity index (χ1) is 5.77. The Kier molecular flexibility index (Phi) is 1.43. The Labute approximate surface area is 69.1 Å². The largest absolute Gasteiger partial charge is 0.420 e. The molecule has 0 saturated carbocycles. The van der Waals surface area contributed by atoms with E-state index in [1.165, 1.54) is 0 Å². The predicted octanol–water partition coefficient (Wildman–Crippen LogP) is 0.779. The van der Waals surface area contributed by atoms with Crippen LogP contribution in [0, 0.1) is 6.92 Å². The van der Waals surface area contributed by atoms with Crippen molar-refractivity contribution in [3.05, 3.63) is 18.4 Å². The maximum absolute atomic E-state index is 5.23. The minimum atomic E-state index is 0.507. The topological polar surface area (TPSA) is 56.7 Å². The van der Waals surface area contributed by atoms with Crippen molar-refractivity contribution in [1.29, 1.82) is 0 Å². The molecule has 2 rings (SSSR count). The van der Waals surface area contributed by atoms with Crippen molar-refractivity contribution in [3.63, 3.8) is 0 Å². The van der Waals surface area contributed by atoms with E-state index in [0.717, 1.165) is 5.69 Å². The van der Waals surface area contributed by atoms with E-state index in [4.69, 9.17) is 4.42 Å². The lowest BCUT2D eigenvalue weighted by atomic mass is 10.5. The van der Waals surface area contributed by atoms with Crippen molar-refractivity contribution in [1.82, 2.24) is 19.7 Å². The highest BCUT2D eigenvalue weighted by Gasteiger charge is 2.08. The quantitative estimate of drug-likeness (QED) is 0.624. The Morgan fingerprint density at radius 3 is 2.75 bits per heavy atom. The molecule has 62 valence electrons. The monoisotopic (exact) mass is 164 g/mol. The second-order valence-electron chi connectivity index (χ2n) is 2.52. The smallest absolute Gasteiger partial charge is 0.265 e. The summed E-state index contributed by atoms with van der Waals surface area (Å²) < 4.78 is 7.05. The van der Waals surface area contributed by atoms with E-state index in [2.05, 4.69) is 15.2 Å². The number of imidazole rings is 1. The molecule has 2 heterocycles. The summed E-state index contributed by atoms with van der Waals surface area (Å²) >= 11 is 0. The van der Waals surface area contributed by atoms with E-state index in [1.807, 2.05) is 11.6 Å². The number of hydrogen-bond acceptors (Lipinski definition) is 4. The standard InChI is InChI=1S/C7H8N4O/c1-5-9-10-7(12-5)6-3-8-4-11(6)2/h3-4H,1-2H3. The molecule has 5 nitrogen and oxygen atoms in total. The molecule has 12 heavy (non-hydrogen) atoms. The summed E-state index contributed by atoms with van der Waals surface area (Å²) in [5, 5.41) is 7.60. The van der Waals surface area contributed by atoms with Crippen LogP contribution in [0.3, 0.4) is 0 Å². The third-order valence-corrected chi connectivity index (χ3v) is 1.56. The van der Waals surface area contributed by atoms with E-state index in [-0.39, 0.29) is 0 Å². The normalized spacial score (nSPS) is 10.5. The van der Waals surface area contributed by atoms with Gasteiger partial charge in [0.1, 0.15) is 5.69 Å². The van der Waals surface area contributed by atoms with Gasteiger partial charge >= 0.3 is 0 Å². The average Bonchev–Trinajstić information content (AvgIpc) is 2.58. The van der Waals surface area contributed by atoms with Crippen LogP contribution in [0.5, 0.6) is 0 Å². The third kappa shape index (κ3) is 0.990. The molecule has 0 aliphatic rings. The molecule has 0 aliphatic carbocycles. The fraction of sp³-hybridized carbons (Fsp3) is 0.286. The fourth-order valence-electron chi connectivity index (χ4n) is 0.963. The van der Waals surface area contributed by atoms with Crippen LogP contribution in [0.25, 0.3) is 11.6 Å². The maximum atomic E-state index is 5.23. The van der Waals surface area contributed by atoms with Gasteiger partial charge in [-0.25, -0.2) is 4.98 Å². The van der Waals surface area contributed by atoms with E-state index in [0.29, 0.717) is 11.8 Å². The first-order valence-electron chi connectivity index (χ1n) is 3.54. The summed E-state index contributed by atoms with van der Waals surface area (Å²) in [6.07, 6.45) is 3.38. The molecular weight excluding hydrogens is 156 g/mol. The second kappa shape index (κ2) is 2.44. The van der Waals surface area contributed by atoms with Crippen LogP contribution in [0.2, 0.25) is 0 Å². The third-order valence-electron chi connectivity index (χ3n) is 1.56. The number of aromatic nitrogens is 4. The molecule has 0 unspecified atom stereocenters. The van der Waals surface area contributed by atoms with Crippen molar-refractivity contribution >= 4 is 0 Å². The predicted molar refractivity (Wildman–Crippen MR) is 41.2 cm³/mol. The SMILES string of the molecule is Cc1nnc(-c2cncn2C)o1. The van der Waals surface area contributed by atoms with Gasteiger partial charge in [-0.1, -0.05) is 0 Å². The van der Waals surface area contributed by atoms with Crippen LogP contribution < -0.4 is 0 Å². The van der Waals surface area contributed by atoms with Crippen molar-refractivity contribution in [2.75, 3.05) is 0 Å². The zero-order valence-electron chi connectivity index (χ0n) is 6.85. The molecule has 0 amide bonds. The molecule has 0 bridgehead atoms. The van der Waals surface area contributed by atoms with Crippen LogP contribution >= 0.6 is 0 Å². The van der Waals surface area contributed by atoms with Gasteiger partial charge in [-0.05, 0) is 0 Å². The number of aryl methyl sites for hydroxylation is 2. The lowest BCUT2D eigenvalue weighted by molar-refractivity contribution is 0.528. The fourth-order valence-corrected chi connectivity index (χ4v) is 0.963. The van der Waals surface area contributed by atoms with Crippen LogP contribution in [-0.2, 0) is 7.05 Å². The molecule has 2 aromatic rings. The van der Waals surface area contributed by atoms with Gasteiger partial charge in [0.25, 0.3) is 5.89 Å². The molecule has 0 aromatic carbocycles. The molecular formula is C7H8N4O. The lowest BCUT2D eigenvalue weighted by Crippen LogP contribution is -1.88. The Bertz CT molecular complexity index is 390. The minimum Gasteiger partial charge on any atom is -0.420 e. The van der Waals surface area contributed by atoms with Gasteiger partial charge in [0.15, 0.2) is 0 Å². The Hall–Kier alpha value is -1.65. The number of nitrogens with zero attached hydrogens (tertiary/aromatic N) is 4. The molecule has 0 saturated heterocycles. The average molecular weight is 164 g/mol. The van der Waals surface area contributed by atoms with Crippen LogP contribution in [0.4, 0.5) is 0 Å². The van der Waals surface area contributed by atoms with Crippen LogP contribution in [0.15, 0.2) is 16.9 Å². The van der Waals surface area contributed by atoms with Crippen molar-refractivity contribution < 1.29 is 4.42 Å². The summed E-state index contributed by atoms with van der Waals surface area (Å²) in [6.45, 7) is 1.76. The van der Waals surface area contributed by atoms with Gasteiger partial charge in [0.2, 0.25) is 5.89 Å². The zero-order chi connectivity index (χ0) is 8.55. The van der Waals surface area contributed by atoms with Gasteiger partial charge in [-0.15, -0.1) is 10.2 Å². The first kappa shape index (κ1) is 7.02. The number of hydrogen-bond donors (Lipinski definition) is 0. The van der Waals surface area contributed by atoms with Crippen LogP contribution in [0.1, 0.15) is 5.89 Å². The minimum absolute atomic E-state index is 0.507. The summed E-state index contributed by atoms with van der Waals surface area (Å²) in [5.41, 5.74) is 0.829. The Morgan fingerprint density at radius 1 is 1.42 bits per heavy atom. The Morgan fingerprint density at radius 2 is 2.25 bits per heavy atom. The molecule has 2 aromatic heterocycles. The highest BCUT2D eigenvalue weighted by Crippen LogP contribution is 2.14. The molecule has 0 atom stereocenters. The summed E-state index contributed by atoms with van der Waals surface area (Å²) in [6, 6.07) is 0. The van der Waals surface area contributed by atoms with Crippen molar-refractivity contribution in [2.45, 2.75) is 6.92 Å². The summed E-state index contributed by atoms with van der Waals surface area (Å²) in [7, 11) is 1.88. The van der Waals surface area contributed by atoms with E-state index in [1.54, 1.807) is 19.4 Å². The molecule has 0 spiro atoms. The molecule has 5 heteroatoms. The maximum Gasteiger partial charge on any atom is 0.265 e. The van der Waals surface area contributed by atoms with Gasteiger partial charge in [-0.2, -0.15) is 0 Å². The van der Waals surface area contributed by atoms with Gasteiger partial charge in [-0.3, -0.25) is 0 Å². The molecule has 0 radical (unpaired) electrons. The van der Waals surface area contributed by atoms with Crippen molar-refractivity contribution in [3.8, 4) is 11.6 Å². The van der Waals surface area contributed by atoms with E-state index in [9.17, 15) is 0 Å². The highest BCUT2D eigenvalue weighted by molar-refractivity contribution is 5.44.